The summed E-state index contributed by atoms with van der Waals surface area (Å²) in [6.07, 6.45) is -0.101. The van der Waals surface area contributed by atoms with Gasteiger partial charge < -0.3 is 19.3 Å². The molecule has 1 heterocycles. The standard InChI is InChI=1S/C20H22O5/c1-23-18-8-4-6-14(19(18)24-2)11-17-15(12-25-20(17)22)9-13-5-3-7-16(21)10-13/h3-8,10,15,17,21H,9,11-12H2,1-2H3/t15-,17+/m0/s1/i3D,4D,5D,6D,7D,8D,10D. The summed E-state index contributed by atoms with van der Waals surface area (Å²) in [6.45, 7) is -0.0316. The van der Waals surface area contributed by atoms with Crippen LogP contribution in [0.4, 0.5) is 0 Å². The first-order chi connectivity index (χ1) is 15.0. The van der Waals surface area contributed by atoms with E-state index >= 15 is 0 Å². The van der Waals surface area contributed by atoms with E-state index in [1.165, 1.54) is 14.2 Å². The van der Waals surface area contributed by atoms with Crippen molar-refractivity contribution in [2.24, 2.45) is 11.8 Å². The van der Waals surface area contributed by atoms with E-state index in [0.717, 1.165) is 0 Å². The van der Waals surface area contributed by atoms with Gasteiger partial charge in [-0.2, -0.15) is 0 Å². The molecular formula is C20H22O5. The molecule has 0 aliphatic carbocycles. The monoisotopic (exact) mass is 349 g/mol. The van der Waals surface area contributed by atoms with Gasteiger partial charge >= 0.3 is 5.97 Å². The van der Waals surface area contributed by atoms with E-state index in [1.807, 2.05) is 0 Å². The molecule has 1 aliphatic heterocycles. The third-order valence-corrected chi connectivity index (χ3v) is 4.14. The molecule has 0 spiro atoms. The van der Waals surface area contributed by atoms with Crippen LogP contribution in [0.25, 0.3) is 0 Å². The lowest BCUT2D eigenvalue weighted by atomic mass is 9.84. The Morgan fingerprint density at radius 3 is 2.76 bits per heavy atom. The minimum absolute atomic E-state index is 0.0233. The van der Waals surface area contributed by atoms with Gasteiger partial charge in [0.2, 0.25) is 0 Å². The number of cyclic esters (lactones) is 1. The number of esters is 1. The first-order valence-corrected chi connectivity index (χ1v) is 7.70. The minimum atomic E-state index is -0.820. The third kappa shape index (κ3) is 3.71. The Labute approximate surface area is 157 Å². The van der Waals surface area contributed by atoms with Crippen LogP contribution in [-0.4, -0.2) is 31.9 Å². The second-order valence-electron chi connectivity index (χ2n) is 5.65. The minimum Gasteiger partial charge on any atom is -0.508 e. The van der Waals surface area contributed by atoms with E-state index < -0.39 is 41.7 Å². The Kier molecular flexibility index (Phi) is 3.09. The van der Waals surface area contributed by atoms with Gasteiger partial charge in [0.1, 0.15) is 5.75 Å². The van der Waals surface area contributed by atoms with E-state index in [2.05, 4.69) is 0 Å². The maximum Gasteiger partial charge on any atom is 0.309 e. The van der Waals surface area contributed by atoms with Crippen LogP contribution in [0, 0.1) is 11.8 Å². The number of ether oxygens (including phenoxy) is 3. The molecule has 1 fully saturated rings. The molecule has 0 unspecified atom stereocenters. The average molecular weight is 349 g/mol. The summed E-state index contributed by atoms with van der Waals surface area (Å²) in [6, 6.07) is -2.90. The highest BCUT2D eigenvalue weighted by atomic mass is 16.5. The number of hydrogen-bond donors (Lipinski definition) is 1. The van der Waals surface area contributed by atoms with E-state index in [0.29, 0.717) is 0 Å². The predicted molar refractivity (Wildman–Crippen MR) is 93.0 cm³/mol. The van der Waals surface area contributed by atoms with Crippen LogP contribution in [0.2, 0.25) is 0 Å². The van der Waals surface area contributed by atoms with Gasteiger partial charge in [-0.15, -0.1) is 0 Å². The smallest absolute Gasteiger partial charge is 0.309 e. The zero-order valence-corrected chi connectivity index (χ0v) is 13.9. The Morgan fingerprint density at radius 1 is 1.20 bits per heavy atom. The summed E-state index contributed by atoms with van der Waals surface area (Å²) >= 11 is 0. The Bertz CT molecular complexity index is 1060. The molecule has 1 saturated heterocycles. The normalized spacial score (nSPS) is 23.4. The fourth-order valence-corrected chi connectivity index (χ4v) is 2.93. The molecule has 5 heteroatoms. The maximum atomic E-state index is 12.5. The van der Waals surface area contributed by atoms with Crippen LogP contribution < -0.4 is 9.47 Å². The summed E-state index contributed by atoms with van der Waals surface area (Å²) in [5, 5.41) is 9.97. The molecular weight excluding hydrogens is 320 g/mol. The van der Waals surface area contributed by atoms with Gasteiger partial charge in [0.05, 0.1) is 36.3 Å². The molecule has 0 radical (unpaired) electrons. The molecule has 0 saturated carbocycles. The molecule has 25 heavy (non-hydrogen) atoms. The Morgan fingerprint density at radius 2 is 2.00 bits per heavy atom. The molecule has 132 valence electrons. The summed E-state index contributed by atoms with van der Waals surface area (Å²) in [5.74, 6) is -2.59. The largest absolute Gasteiger partial charge is 0.508 e. The van der Waals surface area contributed by atoms with Crippen molar-refractivity contribution < 1.29 is 33.7 Å². The van der Waals surface area contributed by atoms with Crippen LogP contribution in [-0.2, 0) is 22.4 Å². The lowest BCUT2D eigenvalue weighted by molar-refractivity contribution is -0.141. The highest BCUT2D eigenvalue weighted by Gasteiger charge is 2.37. The van der Waals surface area contributed by atoms with Crippen LogP contribution in [0.15, 0.2) is 42.3 Å². The molecule has 1 N–H and O–H groups in total. The van der Waals surface area contributed by atoms with E-state index in [9.17, 15) is 9.90 Å². The lowest BCUT2D eigenvalue weighted by Gasteiger charge is -2.18. The molecule has 2 atom stereocenters. The molecule has 0 aromatic heterocycles. The molecule has 1 aliphatic rings. The van der Waals surface area contributed by atoms with Crippen LogP contribution in [0.5, 0.6) is 17.2 Å². The SMILES string of the molecule is [2H]c1c([2H])c(O)c([2H])c(C[C@H]2COC(=O)[C@@H]2Cc2c([2H])c([2H])c([2H])c(OC)c2OC)c1[2H]. The van der Waals surface area contributed by atoms with Crippen molar-refractivity contribution in [1.29, 1.82) is 0 Å². The number of methoxy groups -OCH3 is 2. The molecule has 3 rings (SSSR count). The highest BCUT2D eigenvalue weighted by molar-refractivity contribution is 5.75. The van der Waals surface area contributed by atoms with Gasteiger partial charge in [-0.1, -0.05) is 24.2 Å². The average Bonchev–Trinajstić information content (AvgIpc) is 3.12. The van der Waals surface area contributed by atoms with Gasteiger partial charge in [-0.25, -0.2) is 0 Å². The number of benzene rings is 2. The van der Waals surface area contributed by atoms with E-state index in [1.54, 1.807) is 0 Å². The van der Waals surface area contributed by atoms with Gasteiger partial charge in [0.25, 0.3) is 0 Å². The van der Waals surface area contributed by atoms with Crippen molar-refractivity contribution in [3.63, 3.8) is 0 Å². The number of para-hydroxylation sites is 1. The summed E-state index contributed by atoms with van der Waals surface area (Å²) in [5.41, 5.74) is 0.219. The molecule has 0 bridgehead atoms. The van der Waals surface area contributed by atoms with Crippen molar-refractivity contribution in [3.8, 4) is 17.2 Å². The van der Waals surface area contributed by atoms with Gasteiger partial charge in [0, 0.05) is 5.92 Å². The van der Waals surface area contributed by atoms with Crippen molar-refractivity contribution >= 4 is 5.97 Å². The summed E-state index contributed by atoms with van der Waals surface area (Å²) in [7, 11) is 2.63. The number of hydrogen-bond acceptors (Lipinski definition) is 5. The van der Waals surface area contributed by atoms with Gasteiger partial charge in [-0.3, -0.25) is 4.79 Å². The lowest BCUT2D eigenvalue weighted by Crippen LogP contribution is -2.21. The zero-order chi connectivity index (χ0) is 23.9. The van der Waals surface area contributed by atoms with Crippen LogP contribution in [0.1, 0.15) is 20.7 Å². The number of carbonyl (C=O) groups is 1. The Balaban J connectivity index is 2.02. The first-order valence-electron chi connectivity index (χ1n) is 11.2. The van der Waals surface area contributed by atoms with Crippen LogP contribution in [0.3, 0.4) is 0 Å². The van der Waals surface area contributed by atoms with Crippen molar-refractivity contribution in [2.45, 2.75) is 12.8 Å². The van der Waals surface area contributed by atoms with E-state index in [4.69, 9.17) is 23.8 Å². The summed E-state index contributed by atoms with van der Waals surface area (Å²) in [4.78, 5) is 12.5. The topological polar surface area (TPSA) is 65.0 Å². The molecule has 5 nitrogen and oxygen atoms in total. The fourth-order valence-electron chi connectivity index (χ4n) is 2.93. The highest BCUT2D eigenvalue weighted by Crippen LogP contribution is 2.36. The molecule has 2 aromatic rings. The third-order valence-electron chi connectivity index (χ3n) is 4.14. The molecule has 2 aromatic carbocycles. The van der Waals surface area contributed by atoms with Crippen molar-refractivity contribution in [3.05, 3.63) is 53.4 Å². The second-order valence-corrected chi connectivity index (χ2v) is 5.65. The number of rotatable bonds is 6. The number of phenolic OH excluding ortho intramolecular Hbond substituents is 1. The second kappa shape index (κ2) is 7.47. The maximum absolute atomic E-state index is 12.5. The predicted octanol–water partition coefficient (Wildman–Crippen LogP) is 2.98. The summed E-state index contributed by atoms with van der Waals surface area (Å²) < 4.78 is 71.6. The first kappa shape index (κ1) is 10.3. The Hall–Kier alpha value is -2.69. The molecule has 0 amide bonds. The quantitative estimate of drug-likeness (QED) is 0.812. The van der Waals surface area contributed by atoms with Gasteiger partial charge in [0.15, 0.2) is 11.5 Å². The number of phenols is 1. The van der Waals surface area contributed by atoms with E-state index in [-0.39, 0.29) is 66.2 Å². The van der Waals surface area contributed by atoms with Gasteiger partial charge in [-0.05, 0) is 42.1 Å². The van der Waals surface area contributed by atoms with Crippen molar-refractivity contribution in [1.82, 2.24) is 0 Å². The zero-order valence-electron chi connectivity index (χ0n) is 20.9. The van der Waals surface area contributed by atoms with Crippen LogP contribution >= 0.6 is 0 Å². The fraction of sp³-hybridized carbons (Fsp3) is 0.350. The number of carbonyl (C=O) groups excluding carboxylic acids is 1. The number of aromatic hydroxyl groups is 1. The van der Waals surface area contributed by atoms with Crippen molar-refractivity contribution in [2.75, 3.05) is 20.8 Å².